The van der Waals surface area contributed by atoms with Crippen molar-refractivity contribution in [1.29, 1.82) is 0 Å². The Balaban J connectivity index is 2.16. The van der Waals surface area contributed by atoms with Crippen molar-refractivity contribution in [3.63, 3.8) is 0 Å². The molecule has 1 amide bonds. The lowest BCUT2D eigenvalue weighted by atomic mass is 10.1. The lowest BCUT2D eigenvalue weighted by Gasteiger charge is -2.14. The van der Waals surface area contributed by atoms with E-state index in [1.807, 2.05) is 45.0 Å². The van der Waals surface area contributed by atoms with Crippen LogP contribution in [0.5, 0.6) is 0 Å². The van der Waals surface area contributed by atoms with Crippen LogP contribution in [0.2, 0.25) is 0 Å². The molecular weight excluding hydrogens is 334 g/mol. The number of benzene rings is 1. The fourth-order valence-corrected chi connectivity index (χ4v) is 2.23. The zero-order chi connectivity index (χ0) is 15.4. The van der Waals surface area contributed by atoms with E-state index in [0.717, 1.165) is 10.2 Å². The van der Waals surface area contributed by atoms with E-state index in [2.05, 4.69) is 36.8 Å². The minimum atomic E-state index is -0.255. The van der Waals surface area contributed by atoms with Gasteiger partial charge in [0.25, 0.3) is 0 Å². The van der Waals surface area contributed by atoms with E-state index >= 15 is 0 Å². The maximum atomic E-state index is 11.9. The summed E-state index contributed by atoms with van der Waals surface area (Å²) in [5.74, 6) is 0.928. The van der Waals surface area contributed by atoms with Gasteiger partial charge in [-0.05, 0) is 47.5 Å². The van der Waals surface area contributed by atoms with Crippen LogP contribution >= 0.6 is 15.9 Å². The summed E-state index contributed by atoms with van der Waals surface area (Å²) in [7, 11) is 0. The topological polar surface area (TPSA) is 72.7 Å². The van der Waals surface area contributed by atoms with E-state index in [1.54, 1.807) is 4.68 Å². The summed E-state index contributed by atoms with van der Waals surface area (Å²) in [5, 5.41) is 14.7. The highest BCUT2D eigenvalue weighted by molar-refractivity contribution is 9.10. The van der Waals surface area contributed by atoms with Crippen LogP contribution in [0, 0.1) is 5.92 Å². The molecule has 0 bridgehead atoms. The minimum Gasteiger partial charge on any atom is -0.346 e. The van der Waals surface area contributed by atoms with Crippen molar-refractivity contribution in [3.8, 4) is 5.69 Å². The largest absolute Gasteiger partial charge is 0.346 e. The molecule has 1 atom stereocenters. The lowest BCUT2D eigenvalue weighted by Crippen LogP contribution is -2.29. The highest BCUT2D eigenvalue weighted by Crippen LogP contribution is 2.17. The standard InChI is InChI=1S/C14H18BrN5O/c1-9(2)8-13(21)16-10(3)14-17-18-19-20(14)12-6-4-11(15)5-7-12/h4-7,9-10H,8H2,1-3H3,(H,16,21). The first-order chi connectivity index (χ1) is 9.97. The third kappa shape index (κ3) is 4.10. The minimum absolute atomic E-state index is 0.00264. The third-order valence-corrected chi connectivity index (χ3v) is 3.45. The second-order valence-electron chi connectivity index (χ2n) is 5.31. The van der Waals surface area contributed by atoms with Gasteiger partial charge in [-0.1, -0.05) is 29.8 Å². The van der Waals surface area contributed by atoms with Crippen LogP contribution in [0.4, 0.5) is 0 Å². The summed E-state index contributed by atoms with van der Waals surface area (Å²) in [5.41, 5.74) is 0.850. The fourth-order valence-electron chi connectivity index (χ4n) is 1.97. The number of halogens is 1. The average molecular weight is 352 g/mol. The Morgan fingerprint density at radius 2 is 1.95 bits per heavy atom. The number of carbonyl (C=O) groups excluding carboxylic acids is 1. The van der Waals surface area contributed by atoms with Crippen LogP contribution in [-0.4, -0.2) is 26.1 Å². The van der Waals surface area contributed by atoms with Gasteiger partial charge < -0.3 is 5.32 Å². The number of nitrogens with zero attached hydrogens (tertiary/aromatic N) is 4. The number of aromatic nitrogens is 4. The lowest BCUT2D eigenvalue weighted by molar-refractivity contribution is -0.122. The number of hydrogen-bond donors (Lipinski definition) is 1. The molecule has 21 heavy (non-hydrogen) atoms. The molecule has 0 aliphatic carbocycles. The monoisotopic (exact) mass is 351 g/mol. The van der Waals surface area contributed by atoms with E-state index in [0.29, 0.717) is 18.2 Å². The van der Waals surface area contributed by atoms with Gasteiger partial charge in [0, 0.05) is 10.9 Å². The molecule has 0 aliphatic rings. The zero-order valence-electron chi connectivity index (χ0n) is 12.2. The van der Waals surface area contributed by atoms with Crippen LogP contribution in [0.1, 0.15) is 39.1 Å². The smallest absolute Gasteiger partial charge is 0.220 e. The number of carbonyl (C=O) groups is 1. The molecule has 2 aromatic rings. The first-order valence-corrected chi connectivity index (χ1v) is 7.60. The van der Waals surface area contributed by atoms with Gasteiger partial charge in [0.2, 0.25) is 5.91 Å². The number of amides is 1. The molecule has 1 heterocycles. The molecular formula is C14H18BrN5O. The van der Waals surface area contributed by atoms with Gasteiger partial charge in [-0.3, -0.25) is 4.79 Å². The number of hydrogen-bond acceptors (Lipinski definition) is 4. The molecule has 0 spiro atoms. The molecule has 1 unspecified atom stereocenters. The van der Waals surface area contributed by atoms with E-state index in [4.69, 9.17) is 0 Å². The van der Waals surface area contributed by atoms with Crippen molar-refractivity contribution in [2.45, 2.75) is 33.2 Å². The van der Waals surface area contributed by atoms with E-state index < -0.39 is 0 Å². The molecule has 0 aliphatic heterocycles. The van der Waals surface area contributed by atoms with Gasteiger partial charge in [0.1, 0.15) is 0 Å². The van der Waals surface area contributed by atoms with Gasteiger partial charge >= 0.3 is 0 Å². The van der Waals surface area contributed by atoms with Gasteiger partial charge in [-0.25, -0.2) is 0 Å². The second kappa shape index (κ2) is 6.80. The summed E-state index contributed by atoms with van der Waals surface area (Å²) < 4.78 is 2.62. The number of nitrogens with one attached hydrogen (secondary N) is 1. The summed E-state index contributed by atoms with van der Waals surface area (Å²) >= 11 is 3.39. The highest BCUT2D eigenvalue weighted by atomic mass is 79.9. The Bertz CT molecular complexity index is 608. The van der Waals surface area contributed by atoms with Crippen molar-refractivity contribution in [2.75, 3.05) is 0 Å². The number of rotatable bonds is 5. The van der Waals surface area contributed by atoms with Crippen LogP contribution in [0.3, 0.4) is 0 Å². The first-order valence-electron chi connectivity index (χ1n) is 6.81. The molecule has 0 fully saturated rings. The molecule has 2 rings (SSSR count). The van der Waals surface area contributed by atoms with Crippen molar-refractivity contribution in [2.24, 2.45) is 5.92 Å². The second-order valence-corrected chi connectivity index (χ2v) is 6.23. The molecule has 1 N–H and O–H groups in total. The Morgan fingerprint density at radius 3 is 2.57 bits per heavy atom. The third-order valence-electron chi connectivity index (χ3n) is 2.92. The Labute approximate surface area is 132 Å². The summed E-state index contributed by atoms with van der Waals surface area (Å²) in [6.45, 7) is 5.89. The quantitative estimate of drug-likeness (QED) is 0.898. The molecule has 1 aromatic heterocycles. The number of tetrazole rings is 1. The summed E-state index contributed by atoms with van der Waals surface area (Å²) in [4.78, 5) is 11.9. The van der Waals surface area contributed by atoms with Crippen molar-refractivity contribution in [1.82, 2.24) is 25.5 Å². The predicted octanol–water partition coefficient (Wildman–Crippen LogP) is 2.65. The highest BCUT2D eigenvalue weighted by Gasteiger charge is 2.18. The Morgan fingerprint density at radius 1 is 1.29 bits per heavy atom. The van der Waals surface area contributed by atoms with Crippen LogP contribution in [-0.2, 0) is 4.79 Å². The maximum absolute atomic E-state index is 11.9. The SMILES string of the molecule is CC(C)CC(=O)NC(C)c1nnnn1-c1ccc(Br)cc1. The van der Waals surface area contributed by atoms with Crippen LogP contribution in [0.25, 0.3) is 5.69 Å². The normalized spacial score (nSPS) is 12.4. The molecule has 0 radical (unpaired) electrons. The molecule has 7 heteroatoms. The molecule has 1 aromatic carbocycles. The van der Waals surface area contributed by atoms with Gasteiger partial charge in [0.05, 0.1) is 11.7 Å². The van der Waals surface area contributed by atoms with Gasteiger partial charge in [0.15, 0.2) is 5.82 Å². The van der Waals surface area contributed by atoms with Crippen molar-refractivity contribution >= 4 is 21.8 Å². The van der Waals surface area contributed by atoms with Crippen molar-refractivity contribution in [3.05, 3.63) is 34.6 Å². The summed E-state index contributed by atoms with van der Waals surface area (Å²) in [6.07, 6.45) is 0.490. The predicted molar refractivity (Wildman–Crippen MR) is 82.9 cm³/mol. The first kappa shape index (κ1) is 15.6. The van der Waals surface area contributed by atoms with Crippen LogP contribution < -0.4 is 5.32 Å². The van der Waals surface area contributed by atoms with Gasteiger partial charge in [-0.15, -0.1) is 5.10 Å². The van der Waals surface area contributed by atoms with Crippen molar-refractivity contribution < 1.29 is 4.79 Å². The average Bonchev–Trinajstić information content (AvgIpc) is 2.87. The molecule has 6 nitrogen and oxygen atoms in total. The van der Waals surface area contributed by atoms with E-state index in [-0.39, 0.29) is 11.9 Å². The Hall–Kier alpha value is -1.76. The Kier molecular flexibility index (Phi) is 5.06. The van der Waals surface area contributed by atoms with Crippen LogP contribution in [0.15, 0.2) is 28.7 Å². The van der Waals surface area contributed by atoms with E-state index in [1.165, 1.54) is 0 Å². The zero-order valence-corrected chi connectivity index (χ0v) is 13.8. The summed E-state index contributed by atoms with van der Waals surface area (Å²) in [6, 6.07) is 7.40. The molecule has 0 saturated carbocycles. The van der Waals surface area contributed by atoms with Gasteiger partial charge in [-0.2, -0.15) is 4.68 Å². The van der Waals surface area contributed by atoms with E-state index in [9.17, 15) is 4.79 Å². The molecule has 112 valence electrons. The maximum Gasteiger partial charge on any atom is 0.220 e. The molecule has 0 saturated heterocycles. The fraction of sp³-hybridized carbons (Fsp3) is 0.429.